The normalized spacial score (nSPS) is 18.7. The molecule has 1 unspecified atom stereocenters. The summed E-state index contributed by atoms with van der Waals surface area (Å²) in [6, 6.07) is 9.71. The van der Waals surface area contributed by atoms with E-state index in [0.29, 0.717) is 12.0 Å². The number of nitriles is 1. The number of carbonyl (C=O) groups is 1. The summed E-state index contributed by atoms with van der Waals surface area (Å²) in [5, 5.41) is 12.2. The Morgan fingerprint density at radius 1 is 1.63 bits per heavy atom. The summed E-state index contributed by atoms with van der Waals surface area (Å²) in [6.07, 6.45) is 0.468. The van der Waals surface area contributed by atoms with Crippen LogP contribution in [0.15, 0.2) is 24.3 Å². The van der Waals surface area contributed by atoms with Crippen molar-refractivity contribution in [3.8, 4) is 6.07 Å². The average molecular weight is 259 g/mol. The smallest absolute Gasteiger partial charge is 0.337 e. The number of ether oxygens (including phenoxy) is 1. The number of hydrogen-bond donors (Lipinski definition) is 1. The topological polar surface area (TPSA) is 65.4 Å². The molecule has 5 heteroatoms. The van der Waals surface area contributed by atoms with Crippen molar-refractivity contribution in [2.75, 3.05) is 31.6 Å². The Balaban J connectivity index is 2.24. The molecule has 100 valence electrons. The summed E-state index contributed by atoms with van der Waals surface area (Å²) in [5.41, 5.74) is 1.50. The van der Waals surface area contributed by atoms with Gasteiger partial charge in [-0.05, 0) is 18.2 Å². The Bertz CT molecular complexity index is 496. The predicted molar refractivity (Wildman–Crippen MR) is 72.0 cm³/mol. The van der Waals surface area contributed by atoms with E-state index in [4.69, 9.17) is 10.00 Å². The first-order chi connectivity index (χ1) is 9.26. The van der Waals surface area contributed by atoms with Gasteiger partial charge in [0, 0.05) is 25.3 Å². The third-order valence-corrected chi connectivity index (χ3v) is 3.28. The van der Waals surface area contributed by atoms with E-state index in [1.54, 1.807) is 6.07 Å². The van der Waals surface area contributed by atoms with Crippen LogP contribution in [0.3, 0.4) is 0 Å². The number of methoxy groups -OCH3 is 1. The van der Waals surface area contributed by atoms with Gasteiger partial charge in [-0.1, -0.05) is 6.07 Å². The second-order valence-corrected chi connectivity index (χ2v) is 4.46. The molecular weight excluding hydrogens is 242 g/mol. The van der Waals surface area contributed by atoms with Gasteiger partial charge in [0.1, 0.15) is 0 Å². The molecule has 1 aliphatic rings. The number of nitrogens with one attached hydrogen (secondary N) is 1. The van der Waals surface area contributed by atoms with Crippen molar-refractivity contribution < 1.29 is 9.53 Å². The highest BCUT2D eigenvalue weighted by Crippen LogP contribution is 2.21. The minimum absolute atomic E-state index is 0.145. The molecule has 0 amide bonds. The molecule has 0 aliphatic carbocycles. The fraction of sp³-hybridized carbons (Fsp3) is 0.429. The minimum Gasteiger partial charge on any atom is -0.465 e. The van der Waals surface area contributed by atoms with Gasteiger partial charge in [0.25, 0.3) is 0 Å². The van der Waals surface area contributed by atoms with Crippen molar-refractivity contribution in [1.82, 2.24) is 5.32 Å². The molecule has 0 spiro atoms. The lowest BCUT2D eigenvalue weighted by Crippen LogP contribution is -2.51. The van der Waals surface area contributed by atoms with E-state index in [2.05, 4.69) is 16.3 Å². The Hall–Kier alpha value is -2.06. The van der Waals surface area contributed by atoms with Crippen LogP contribution in [0, 0.1) is 11.3 Å². The fourth-order valence-electron chi connectivity index (χ4n) is 2.32. The van der Waals surface area contributed by atoms with Crippen LogP contribution >= 0.6 is 0 Å². The zero-order valence-electron chi connectivity index (χ0n) is 10.9. The molecular formula is C14H17N3O2. The standard InChI is InChI=1S/C14H17N3O2/c1-19-14(18)11-3-2-4-12(9-11)17-8-7-16-10-13(17)5-6-15/h2-4,9,13,16H,5,7-8,10H2,1H3. The second kappa shape index (κ2) is 6.21. The summed E-state index contributed by atoms with van der Waals surface area (Å²) in [4.78, 5) is 13.7. The van der Waals surface area contributed by atoms with E-state index in [-0.39, 0.29) is 12.0 Å². The van der Waals surface area contributed by atoms with Crippen molar-refractivity contribution in [3.05, 3.63) is 29.8 Å². The third kappa shape index (κ3) is 3.04. The molecule has 1 aromatic carbocycles. The van der Waals surface area contributed by atoms with Crippen LogP contribution in [-0.2, 0) is 4.74 Å². The second-order valence-electron chi connectivity index (χ2n) is 4.46. The maximum atomic E-state index is 11.6. The summed E-state index contributed by atoms with van der Waals surface area (Å²) < 4.78 is 4.73. The van der Waals surface area contributed by atoms with Gasteiger partial charge in [0.2, 0.25) is 0 Å². The molecule has 0 aromatic heterocycles. The van der Waals surface area contributed by atoms with E-state index in [1.807, 2.05) is 18.2 Å². The number of hydrogen-bond acceptors (Lipinski definition) is 5. The van der Waals surface area contributed by atoms with E-state index < -0.39 is 0 Å². The maximum absolute atomic E-state index is 11.6. The molecule has 0 bridgehead atoms. The Morgan fingerprint density at radius 2 is 2.47 bits per heavy atom. The van der Waals surface area contributed by atoms with Crippen molar-refractivity contribution in [2.45, 2.75) is 12.5 Å². The van der Waals surface area contributed by atoms with Gasteiger partial charge < -0.3 is 15.0 Å². The largest absolute Gasteiger partial charge is 0.465 e. The van der Waals surface area contributed by atoms with Crippen LogP contribution < -0.4 is 10.2 Å². The lowest BCUT2D eigenvalue weighted by atomic mass is 10.1. The summed E-state index contributed by atoms with van der Waals surface area (Å²) in [5.74, 6) is -0.339. The first-order valence-corrected chi connectivity index (χ1v) is 6.29. The summed E-state index contributed by atoms with van der Waals surface area (Å²) in [7, 11) is 1.37. The van der Waals surface area contributed by atoms with Gasteiger partial charge >= 0.3 is 5.97 Å². The molecule has 0 saturated carbocycles. The first-order valence-electron chi connectivity index (χ1n) is 6.29. The molecule has 1 fully saturated rings. The monoisotopic (exact) mass is 259 g/mol. The van der Waals surface area contributed by atoms with E-state index in [0.717, 1.165) is 25.3 Å². The molecule has 2 rings (SSSR count). The average Bonchev–Trinajstić information content (AvgIpc) is 2.47. The molecule has 1 atom stereocenters. The van der Waals surface area contributed by atoms with Gasteiger partial charge in [-0.3, -0.25) is 0 Å². The van der Waals surface area contributed by atoms with Crippen LogP contribution in [0.25, 0.3) is 0 Å². The molecule has 1 aromatic rings. The fourth-order valence-corrected chi connectivity index (χ4v) is 2.32. The number of carbonyl (C=O) groups excluding carboxylic acids is 1. The van der Waals surface area contributed by atoms with Crippen LogP contribution in [0.2, 0.25) is 0 Å². The number of esters is 1. The number of anilines is 1. The molecule has 1 aliphatic heterocycles. The van der Waals surface area contributed by atoms with Crippen molar-refractivity contribution in [1.29, 1.82) is 5.26 Å². The Labute approximate surface area is 112 Å². The van der Waals surface area contributed by atoms with Crippen LogP contribution in [0.4, 0.5) is 5.69 Å². The highest BCUT2D eigenvalue weighted by atomic mass is 16.5. The number of rotatable bonds is 3. The SMILES string of the molecule is COC(=O)c1cccc(N2CCNCC2CC#N)c1. The van der Waals surface area contributed by atoms with E-state index in [1.165, 1.54) is 7.11 Å². The van der Waals surface area contributed by atoms with Gasteiger partial charge in [-0.2, -0.15) is 5.26 Å². The summed E-state index contributed by atoms with van der Waals surface area (Å²) in [6.45, 7) is 2.50. The van der Waals surface area contributed by atoms with Crippen LogP contribution in [0.5, 0.6) is 0 Å². The van der Waals surface area contributed by atoms with Gasteiger partial charge in [-0.25, -0.2) is 4.79 Å². The molecule has 5 nitrogen and oxygen atoms in total. The molecule has 0 radical (unpaired) electrons. The predicted octanol–water partition coefficient (Wildman–Crippen LogP) is 1.17. The van der Waals surface area contributed by atoms with Crippen LogP contribution in [0.1, 0.15) is 16.8 Å². The van der Waals surface area contributed by atoms with E-state index in [9.17, 15) is 4.79 Å². The highest BCUT2D eigenvalue weighted by Gasteiger charge is 2.22. The molecule has 1 heterocycles. The molecule has 1 N–H and O–H groups in total. The summed E-state index contributed by atoms with van der Waals surface area (Å²) >= 11 is 0. The Kier molecular flexibility index (Phi) is 4.37. The van der Waals surface area contributed by atoms with Crippen molar-refractivity contribution in [2.24, 2.45) is 0 Å². The quantitative estimate of drug-likeness (QED) is 0.825. The highest BCUT2D eigenvalue weighted by molar-refractivity contribution is 5.90. The Morgan fingerprint density at radius 3 is 3.21 bits per heavy atom. The van der Waals surface area contributed by atoms with Gasteiger partial charge in [0.15, 0.2) is 0 Å². The van der Waals surface area contributed by atoms with E-state index >= 15 is 0 Å². The van der Waals surface area contributed by atoms with Crippen LogP contribution in [-0.4, -0.2) is 38.8 Å². The lowest BCUT2D eigenvalue weighted by molar-refractivity contribution is 0.0601. The van der Waals surface area contributed by atoms with Crippen molar-refractivity contribution >= 4 is 11.7 Å². The number of nitrogens with zero attached hydrogens (tertiary/aromatic N) is 2. The minimum atomic E-state index is -0.339. The first kappa shape index (κ1) is 13.4. The maximum Gasteiger partial charge on any atom is 0.337 e. The zero-order valence-corrected chi connectivity index (χ0v) is 10.9. The number of benzene rings is 1. The zero-order chi connectivity index (χ0) is 13.7. The molecule has 1 saturated heterocycles. The number of piperazine rings is 1. The molecule has 19 heavy (non-hydrogen) atoms. The van der Waals surface area contributed by atoms with Gasteiger partial charge in [-0.15, -0.1) is 0 Å². The third-order valence-electron chi connectivity index (χ3n) is 3.28. The van der Waals surface area contributed by atoms with Crippen molar-refractivity contribution in [3.63, 3.8) is 0 Å². The van der Waals surface area contributed by atoms with Gasteiger partial charge in [0.05, 0.1) is 31.2 Å². The lowest BCUT2D eigenvalue weighted by Gasteiger charge is -2.37.